The van der Waals surface area contributed by atoms with E-state index in [0.29, 0.717) is 18.4 Å². The zero-order valence-electron chi connectivity index (χ0n) is 11.6. The molecule has 0 spiro atoms. The number of carbonyl (C=O) groups excluding carboxylic acids is 1. The minimum absolute atomic E-state index is 0.0908. The molecule has 1 aromatic rings. The third-order valence-corrected chi connectivity index (χ3v) is 3.78. The van der Waals surface area contributed by atoms with E-state index >= 15 is 0 Å². The second-order valence-electron chi connectivity index (χ2n) is 4.98. The highest BCUT2D eigenvalue weighted by atomic mass is 16.5. The lowest BCUT2D eigenvalue weighted by Crippen LogP contribution is -2.41. The zero-order chi connectivity index (χ0) is 13.7. The summed E-state index contributed by atoms with van der Waals surface area (Å²) in [6.07, 6.45) is 2.79. The molecular formula is C15H22N2O2. The highest BCUT2D eigenvalue weighted by Crippen LogP contribution is 2.40. The number of ether oxygens (including phenoxy) is 1. The molecule has 1 saturated carbocycles. The van der Waals surface area contributed by atoms with Crippen molar-refractivity contribution in [3.63, 3.8) is 0 Å². The van der Waals surface area contributed by atoms with Crippen molar-refractivity contribution in [2.45, 2.75) is 31.2 Å². The van der Waals surface area contributed by atoms with E-state index in [9.17, 15) is 4.79 Å². The Morgan fingerprint density at radius 3 is 2.79 bits per heavy atom. The molecule has 0 unspecified atom stereocenters. The van der Waals surface area contributed by atoms with E-state index in [1.54, 1.807) is 14.2 Å². The molecule has 1 aliphatic carbocycles. The predicted molar refractivity (Wildman–Crippen MR) is 75.4 cm³/mol. The molecular weight excluding hydrogens is 240 g/mol. The molecule has 2 N–H and O–H groups in total. The standard InChI is InChI=1S/C15H22N2O2/c1-16-15(18)7-8-17-12-9-11(10-12)13-5-3-4-6-14(13)19-2/h3-6,11-12,17H,7-10H2,1-2H3,(H,16,18). The van der Waals surface area contributed by atoms with Crippen LogP contribution in [0.5, 0.6) is 5.75 Å². The van der Waals surface area contributed by atoms with Crippen LogP contribution in [0.2, 0.25) is 0 Å². The summed E-state index contributed by atoms with van der Waals surface area (Å²) >= 11 is 0. The number of para-hydroxylation sites is 1. The third-order valence-electron chi connectivity index (χ3n) is 3.78. The van der Waals surface area contributed by atoms with Crippen LogP contribution in [0.3, 0.4) is 0 Å². The van der Waals surface area contributed by atoms with Gasteiger partial charge in [-0.25, -0.2) is 0 Å². The summed E-state index contributed by atoms with van der Waals surface area (Å²) in [4.78, 5) is 11.1. The number of amides is 1. The van der Waals surface area contributed by atoms with Crippen molar-refractivity contribution in [3.05, 3.63) is 29.8 Å². The van der Waals surface area contributed by atoms with Gasteiger partial charge in [0.15, 0.2) is 0 Å². The van der Waals surface area contributed by atoms with Crippen molar-refractivity contribution in [1.29, 1.82) is 0 Å². The first kappa shape index (κ1) is 13.9. The van der Waals surface area contributed by atoms with Gasteiger partial charge in [0.25, 0.3) is 0 Å². The summed E-state index contributed by atoms with van der Waals surface area (Å²) in [6, 6.07) is 8.75. The molecule has 1 aromatic carbocycles. The van der Waals surface area contributed by atoms with Crippen molar-refractivity contribution >= 4 is 5.91 Å². The van der Waals surface area contributed by atoms with Crippen LogP contribution in [0.25, 0.3) is 0 Å². The van der Waals surface area contributed by atoms with Crippen LogP contribution in [0, 0.1) is 0 Å². The maximum absolute atomic E-state index is 11.1. The number of carbonyl (C=O) groups is 1. The molecule has 0 aliphatic heterocycles. The van der Waals surface area contributed by atoms with Gasteiger partial charge >= 0.3 is 0 Å². The summed E-state index contributed by atoms with van der Waals surface area (Å²) in [7, 11) is 3.39. The van der Waals surface area contributed by atoms with Gasteiger partial charge in [-0.3, -0.25) is 4.79 Å². The van der Waals surface area contributed by atoms with E-state index in [1.165, 1.54) is 5.56 Å². The Balaban J connectivity index is 1.75. The Labute approximate surface area is 114 Å². The van der Waals surface area contributed by atoms with Crippen LogP contribution in [0.1, 0.15) is 30.7 Å². The summed E-state index contributed by atoms with van der Waals surface area (Å²) < 4.78 is 5.39. The van der Waals surface area contributed by atoms with Gasteiger partial charge in [-0.1, -0.05) is 18.2 Å². The van der Waals surface area contributed by atoms with Crippen molar-refractivity contribution in [1.82, 2.24) is 10.6 Å². The largest absolute Gasteiger partial charge is 0.496 e. The van der Waals surface area contributed by atoms with Crippen LogP contribution >= 0.6 is 0 Å². The quantitative estimate of drug-likeness (QED) is 0.820. The van der Waals surface area contributed by atoms with Crippen LogP contribution in [-0.4, -0.2) is 32.7 Å². The van der Waals surface area contributed by atoms with E-state index in [2.05, 4.69) is 22.8 Å². The van der Waals surface area contributed by atoms with Gasteiger partial charge < -0.3 is 15.4 Å². The van der Waals surface area contributed by atoms with E-state index in [4.69, 9.17) is 4.74 Å². The highest BCUT2D eigenvalue weighted by Gasteiger charge is 2.31. The fourth-order valence-electron chi connectivity index (χ4n) is 2.56. The van der Waals surface area contributed by atoms with Gasteiger partial charge in [-0.15, -0.1) is 0 Å². The van der Waals surface area contributed by atoms with Crippen molar-refractivity contribution in [2.75, 3.05) is 20.7 Å². The van der Waals surface area contributed by atoms with Crippen LogP contribution in [0.4, 0.5) is 0 Å². The smallest absolute Gasteiger partial charge is 0.221 e. The molecule has 19 heavy (non-hydrogen) atoms. The van der Waals surface area contributed by atoms with Gasteiger partial charge in [0.05, 0.1) is 7.11 Å². The maximum Gasteiger partial charge on any atom is 0.221 e. The minimum atomic E-state index is 0.0908. The van der Waals surface area contributed by atoms with Crippen LogP contribution < -0.4 is 15.4 Å². The summed E-state index contributed by atoms with van der Waals surface area (Å²) in [6.45, 7) is 0.753. The Morgan fingerprint density at radius 2 is 2.11 bits per heavy atom. The van der Waals surface area contributed by atoms with Gasteiger partial charge in [-0.2, -0.15) is 0 Å². The molecule has 0 atom stereocenters. The second-order valence-corrected chi connectivity index (χ2v) is 4.98. The summed E-state index contributed by atoms with van der Waals surface area (Å²) in [5.41, 5.74) is 1.30. The Hall–Kier alpha value is -1.55. The molecule has 4 nitrogen and oxygen atoms in total. The molecule has 0 radical (unpaired) electrons. The lowest BCUT2D eigenvalue weighted by molar-refractivity contribution is -0.120. The topological polar surface area (TPSA) is 50.4 Å². The molecule has 1 aliphatic rings. The van der Waals surface area contributed by atoms with Gasteiger partial charge in [-0.05, 0) is 30.4 Å². The predicted octanol–water partition coefficient (Wildman–Crippen LogP) is 1.67. The van der Waals surface area contributed by atoms with E-state index in [0.717, 1.165) is 25.1 Å². The van der Waals surface area contributed by atoms with Gasteiger partial charge in [0.2, 0.25) is 5.91 Å². The molecule has 0 bridgehead atoms. The number of benzene rings is 1. The zero-order valence-corrected chi connectivity index (χ0v) is 11.6. The van der Waals surface area contributed by atoms with E-state index in [1.807, 2.05) is 12.1 Å². The van der Waals surface area contributed by atoms with Crippen molar-refractivity contribution in [3.8, 4) is 5.75 Å². The number of nitrogens with one attached hydrogen (secondary N) is 2. The lowest BCUT2D eigenvalue weighted by Gasteiger charge is -2.37. The number of rotatable bonds is 6. The van der Waals surface area contributed by atoms with Crippen LogP contribution in [-0.2, 0) is 4.79 Å². The van der Waals surface area contributed by atoms with Crippen molar-refractivity contribution in [2.24, 2.45) is 0 Å². The molecule has 1 fully saturated rings. The number of hydrogen-bond donors (Lipinski definition) is 2. The van der Waals surface area contributed by atoms with Crippen molar-refractivity contribution < 1.29 is 9.53 Å². The molecule has 0 saturated heterocycles. The molecule has 4 heteroatoms. The molecule has 1 amide bonds. The Kier molecular flexibility index (Phi) is 4.80. The Morgan fingerprint density at radius 1 is 1.37 bits per heavy atom. The van der Waals surface area contributed by atoms with Crippen LogP contribution in [0.15, 0.2) is 24.3 Å². The first-order valence-corrected chi connectivity index (χ1v) is 6.81. The van der Waals surface area contributed by atoms with Gasteiger partial charge in [0, 0.05) is 26.1 Å². The van der Waals surface area contributed by atoms with E-state index in [-0.39, 0.29) is 5.91 Å². The number of methoxy groups -OCH3 is 1. The highest BCUT2D eigenvalue weighted by molar-refractivity contribution is 5.75. The lowest BCUT2D eigenvalue weighted by atomic mass is 9.75. The normalized spacial score (nSPS) is 21.6. The average molecular weight is 262 g/mol. The fourth-order valence-corrected chi connectivity index (χ4v) is 2.56. The first-order valence-electron chi connectivity index (χ1n) is 6.81. The maximum atomic E-state index is 11.1. The minimum Gasteiger partial charge on any atom is -0.496 e. The molecule has 104 valence electrons. The van der Waals surface area contributed by atoms with E-state index < -0.39 is 0 Å². The fraction of sp³-hybridized carbons (Fsp3) is 0.533. The first-order chi connectivity index (χ1) is 9.24. The summed E-state index contributed by atoms with van der Waals surface area (Å²) in [5, 5.41) is 6.05. The summed E-state index contributed by atoms with van der Waals surface area (Å²) in [5.74, 6) is 1.65. The molecule has 0 heterocycles. The third kappa shape index (κ3) is 3.47. The monoisotopic (exact) mass is 262 g/mol. The van der Waals surface area contributed by atoms with Gasteiger partial charge in [0.1, 0.15) is 5.75 Å². The number of hydrogen-bond acceptors (Lipinski definition) is 3. The molecule has 0 aromatic heterocycles. The Bertz CT molecular complexity index is 428. The SMILES string of the molecule is CNC(=O)CCNC1CC(c2ccccc2OC)C1. The second kappa shape index (κ2) is 6.57. The average Bonchev–Trinajstić information content (AvgIpc) is 2.41. The molecule has 2 rings (SSSR count).